The molecular formula is C11H21F3N2. The summed E-state index contributed by atoms with van der Waals surface area (Å²) in [5, 5.41) is 0. The Morgan fingerprint density at radius 2 is 1.88 bits per heavy atom. The normalized spacial score (nSPS) is 21.2. The molecule has 0 saturated heterocycles. The fourth-order valence-electron chi connectivity index (χ4n) is 2.11. The third kappa shape index (κ3) is 3.35. The second-order valence-electron chi connectivity index (χ2n) is 4.53. The minimum absolute atomic E-state index is 0.101. The summed E-state index contributed by atoms with van der Waals surface area (Å²) in [6.07, 6.45) is -1.37. The van der Waals surface area contributed by atoms with Crippen LogP contribution in [0.2, 0.25) is 0 Å². The molecule has 1 fully saturated rings. The minimum atomic E-state index is -4.22. The van der Waals surface area contributed by atoms with Crippen molar-refractivity contribution in [3.05, 3.63) is 0 Å². The molecule has 1 aliphatic carbocycles. The summed E-state index contributed by atoms with van der Waals surface area (Å²) < 4.78 is 39.0. The van der Waals surface area contributed by atoms with Gasteiger partial charge >= 0.3 is 6.18 Å². The summed E-state index contributed by atoms with van der Waals surface area (Å²) in [6.45, 7) is 4.10. The lowest BCUT2D eigenvalue weighted by Crippen LogP contribution is -2.56. The first-order valence-electron chi connectivity index (χ1n) is 5.99. The Morgan fingerprint density at radius 1 is 1.31 bits per heavy atom. The molecule has 0 bridgehead atoms. The maximum Gasteiger partial charge on any atom is 0.405 e. The Kier molecular flexibility index (Phi) is 4.62. The van der Waals surface area contributed by atoms with E-state index in [1.54, 1.807) is 11.8 Å². The summed E-state index contributed by atoms with van der Waals surface area (Å²) in [5.74, 6) is 0. The Morgan fingerprint density at radius 3 is 2.19 bits per heavy atom. The van der Waals surface area contributed by atoms with E-state index in [1.807, 2.05) is 6.92 Å². The van der Waals surface area contributed by atoms with Crippen LogP contribution in [0, 0.1) is 0 Å². The molecule has 16 heavy (non-hydrogen) atoms. The molecule has 96 valence electrons. The van der Waals surface area contributed by atoms with Gasteiger partial charge in [-0.1, -0.05) is 13.8 Å². The van der Waals surface area contributed by atoms with E-state index in [0.717, 1.165) is 19.3 Å². The molecule has 0 aromatic carbocycles. The molecule has 0 amide bonds. The van der Waals surface area contributed by atoms with Crippen molar-refractivity contribution in [3.8, 4) is 0 Å². The van der Waals surface area contributed by atoms with Gasteiger partial charge in [0.05, 0.1) is 0 Å². The number of halogens is 3. The highest BCUT2D eigenvalue weighted by atomic mass is 19.4. The topological polar surface area (TPSA) is 29.3 Å². The molecule has 2 unspecified atom stereocenters. The van der Waals surface area contributed by atoms with E-state index < -0.39 is 18.3 Å². The van der Waals surface area contributed by atoms with Gasteiger partial charge in [0.15, 0.2) is 0 Å². The number of alkyl halides is 3. The monoisotopic (exact) mass is 238 g/mol. The summed E-state index contributed by atoms with van der Waals surface area (Å²) in [4.78, 5) is 1.56. The molecule has 0 radical (unpaired) electrons. The number of nitrogens with zero attached hydrogens (tertiary/aromatic N) is 1. The third-order valence-corrected chi connectivity index (χ3v) is 3.07. The first-order chi connectivity index (χ1) is 7.41. The van der Waals surface area contributed by atoms with E-state index in [2.05, 4.69) is 0 Å². The van der Waals surface area contributed by atoms with Gasteiger partial charge < -0.3 is 5.73 Å². The predicted molar refractivity (Wildman–Crippen MR) is 58.1 cm³/mol. The molecule has 1 saturated carbocycles. The number of rotatable bonds is 6. The SMILES string of the molecule is CCCN(C1CC1)C(C(N)CC)C(F)(F)F. The van der Waals surface area contributed by atoms with Crippen LogP contribution in [0.1, 0.15) is 39.5 Å². The summed E-state index contributed by atoms with van der Waals surface area (Å²) in [6, 6.07) is -2.18. The van der Waals surface area contributed by atoms with Crippen molar-refractivity contribution < 1.29 is 13.2 Å². The first kappa shape index (κ1) is 13.8. The lowest BCUT2D eigenvalue weighted by molar-refractivity contribution is -0.191. The zero-order chi connectivity index (χ0) is 12.3. The zero-order valence-corrected chi connectivity index (χ0v) is 9.93. The molecule has 0 aromatic rings. The van der Waals surface area contributed by atoms with Crippen molar-refractivity contribution in [2.75, 3.05) is 6.54 Å². The lowest BCUT2D eigenvalue weighted by atomic mass is 10.0. The van der Waals surface area contributed by atoms with Crippen LogP contribution in [-0.2, 0) is 0 Å². The molecule has 1 aliphatic rings. The highest BCUT2D eigenvalue weighted by Gasteiger charge is 2.50. The highest BCUT2D eigenvalue weighted by Crippen LogP contribution is 2.36. The van der Waals surface area contributed by atoms with Crippen molar-refractivity contribution >= 4 is 0 Å². The average Bonchev–Trinajstić information content (AvgIpc) is 2.97. The van der Waals surface area contributed by atoms with Crippen molar-refractivity contribution in [2.45, 2.75) is 63.8 Å². The van der Waals surface area contributed by atoms with E-state index in [-0.39, 0.29) is 6.04 Å². The van der Waals surface area contributed by atoms with Gasteiger partial charge in [-0.15, -0.1) is 0 Å². The van der Waals surface area contributed by atoms with Crippen LogP contribution >= 0.6 is 0 Å². The molecule has 0 heterocycles. The molecule has 1 rings (SSSR count). The van der Waals surface area contributed by atoms with Gasteiger partial charge in [-0.05, 0) is 32.2 Å². The van der Waals surface area contributed by atoms with Crippen LogP contribution in [0.15, 0.2) is 0 Å². The standard InChI is InChI=1S/C11H21F3N2/c1-3-7-16(8-5-6-8)10(9(15)4-2)11(12,13)14/h8-10H,3-7,15H2,1-2H3. The third-order valence-electron chi connectivity index (χ3n) is 3.07. The van der Waals surface area contributed by atoms with Crippen LogP contribution in [0.3, 0.4) is 0 Å². The molecule has 0 aromatic heterocycles. The van der Waals surface area contributed by atoms with Gasteiger partial charge in [0.25, 0.3) is 0 Å². The van der Waals surface area contributed by atoms with Crippen molar-refractivity contribution in [1.82, 2.24) is 4.90 Å². The fourth-order valence-corrected chi connectivity index (χ4v) is 2.11. The van der Waals surface area contributed by atoms with E-state index in [9.17, 15) is 13.2 Å². The van der Waals surface area contributed by atoms with Crippen LogP contribution in [0.5, 0.6) is 0 Å². The lowest BCUT2D eigenvalue weighted by Gasteiger charge is -2.36. The van der Waals surface area contributed by atoms with E-state index in [1.165, 1.54) is 0 Å². The average molecular weight is 238 g/mol. The van der Waals surface area contributed by atoms with Gasteiger partial charge in [-0.2, -0.15) is 13.2 Å². The molecule has 2 atom stereocenters. The number of hydrogen-bond donors (Lipinski definition) is 1. The second kappa shape index (κ2) is 5.36. The largest absolute Gasteiger partial charge is 0.405 e. The van der Waals surface area contributed by atoms with Crippen molar-refractivity contribution in [1.29, 1.82) is 0 Å². The molecular weight excluding hydrogens is 217 g/mol. The summed E-state index contributed by atoms with van der Waals surface area (Å²) in [5.41, 5.74) is 5.64. The zero-order valence-electron chi connectivity index (χ0n) is 9.93. The van der Waals surface area contributed by atoms with Gasteiger partial charge in [-0.3, -0.25) is 4.90 Å². The van der Waals surface area contributed by atoms with Gasteiger partial charge in [-0.25, -0.2) is 0 Å². The maximum atomic E-state index is 13.0. The van der Waals surface area contributed by atoms with Gasteiger partial charge in [0.1, 0.15) is 6.04 Å². The number of hydrogen-bond acceptors (Lipinski definition) is 2. The van der Waals surface area contributed by atoms with E-state index in [4.69, 9.17) is 5.73 Å². The predicted octanol–water partition coefficient (Wildman–Crippen LogP) is 2.53. The van der Waals surface area contributed by atoms with Crippen molar-refractivity contribution in [2.24, 2.45) is 5.73 Å². The summed E-state index contributed by atoms with van der Waals surface area (Å²) in [7, 11) is 0. The first-order valence-corrected chi connectivity index (χ1v) is 5.99. The van der Waals surface area contributed by atoms with Crippen LogP contribution in [-0.4, -0.2) is 35.7 Å². The van der Waals surface area contributed by atoms with E-state index >= 15 is 0 Å². The Hall–Kier alpha value is -0.290. The van der Waals surface area contributed by atoms with Gasteiger partial charge in [0.2, 0.25) is 0 Å². The van der Waals surface area contributed by atoms with Crippen molar-refractivity contribution in [3.63, 3.8) is 0 Å². The summed E-state index contributed by atoms with van der Waals surface area (Å²) >= 11 is 0. The molecule has 0 spiro atoms. The smallest absolute Gasteiger partial charge is 0.326 e. The number of nitrogens with two attached hydrogens (primary N) is 1. The Balaban J connectivity index is 2.79. The molecule has 2 nitrogen and oxygen atoms in total. The molecule has 0 aliphatic heterocycles. The highest BCUT2D eigenvalue weighted by molar-refractivity contribution is 4.95. The van der Waals surface area contributed by atoms with Gasteiger partial charge in [0, 0.05) is 12.1 Å². The van der Waals surface area contributed by atoms with Crippen LogP contribution in [0.25, 0.3) is 0 Å². The minimum Gasteiger partial charge on any atom is -0.326 e. The fraction of sp³-hybridized carbons (Fsp3) is 1.00. The Bertz CT molecular complexity index is 214. The quantitative estimate of drug-likeness (QED) is 0.770. The molecule has 2 N–H and O–H groups in total. The van der Waals surface area contributed by atoms with E-state index in [0.29, 0.717) is 13.0 Å². The van der Waals surface area contributed by atoms with Crippen LogP contribution in [0.4, 0.5) is 13.2 Å². The maximum absolute atomic E-state index is 13.0. The Labute approximate surface area is 95.0 Å². The second-order valence-corrected chi connectivity index (χ2v) is 4.53. The molecule has 5 heteroatoms. The van der Waals surface area contributed by atoms with Crippen LogP contribution < -0.4 is 5.73 Å².